The van der Waals surface area contributed by atoms with Crippen molar-refractivity contribution in [3.8, 4) is 0 Å². The summed E-state index contributed by atoms with van der Waals surface area (Å²) in [6, 6.07) is 10.2. The summed E-state index contributed by atoms with van der Waals surface area (Å²) in [5, 5.41) is 0.628. The first-order valence-electron chi connectivity index (χ1n) is 10.5. The number of hydrogen-bond acceptors (Lipinski definition) is 6. The van der Waals surface area contributed by atoms with E-state index in [0.29, 0.717) is 23.8 Å². The number of aryl methyl sites for hydroxylation is 2. The molecule has 0 radical (unpaired) electrons. The fraction of sp³-hybridized carbons (Fsp3) is 0.391. The smallest absolute Gasteiger partial charge is 0.260 e. The van der Waals surface area contributed by atoms with Gasteiger partial charge in [0.05, 0.1) is 27.8 Å². The Morgan fingerprint density at radius 1 is 1.12 bits per heavy atom. The van der Waals surface area contributed by atoms with Crippen molar-refractivity contribution in [1.82, 2.24) is 9.29 Å². The summed E-state index contributed by atoms with van der Waals surface area (Å²) in [7, 11) is -0.597. The molecule has 1 fully saturated rings. The summed E-state index contributed by atoms with van der Waals surface area (Å²) in [6.07, 6.45) is 1.83. The fourth-order valence-corrected chi connectivity index (χ4v) is 5.76. The average molecular weight is 474 g/mol. The molecular weight excluding hydrogens is 446 g/mol. The highest BCUT2D eigenvalue weighted by Crippen LogP contribution is 2.34. The quantitative estimate of drug-likeness (QED) is 0.541. The summed E-state index contributed by atoms with van der Waals surface area (Å²) < 4.78 is 32.8. The number of aromatic nitrogens is 1. The molecule has 7 nitrogen and oxygen atoms in total. The Labute approximate surface area is 192 Å². The number of ether oxygens (including phenoxy) is 1. The number of sulfonamides is 1. The minimum Gasteiger partial charge on any atom is -0.376 e. The van der Waals surface area contributed by atoms with Crippen LogP contribution in [-0.2, 0) is 14.8 Å². The lowest BCUT2D eigenvalue weighted by molar-refractivity contribution is 0.0917. The van der Waals surface area contributed by atoms with Crippen LogP contribution >= 0.6 is 11.3 Å². The molecule has 0 spiro atoms. The molecule has 9 heteroatoms. The van der Waals surface area contributed by atoms with Crippen molar-refractivity contribution in [2.75, 3.05) is 32.1 Å². The van der Waals surface area contributed by atoms with E-state index in [1.54, 1.807) is 17.0 Å². The van der Waals surface area contributed by atoms with Crippen LogP contribution < -0.4 is 4.90 Å². The van der Waals surface area contributed by atoms with Gasteiger partial charge in [0.2, 0.25) is 10.0 Å². The zero-order valence-electron chi connectivity index (χ0n) is 18.7. The molecule has 170 valence electrons. The summed E-state index contributed by atoms with van der Waals surface area (Å²) in [6.45, 7) is 5.16. The van der Waals surface area contributed by atoms with Gasteiger partial charge in [0, 0.05) is 26.3 Å². The molecule has 1 aromatic heterocycles. The van der Waals surface area contributed by atoms with Gasteiger partial charge in [0.1, 0.15) is 0 Å². The first kappa shape index (κ1) is 22.8. The molecule has 0 bridgehead atoms. The van der Waals surface area contributed by atoms with E-state index in [9.17, 15) is 13.2 Å². The van der Waals surface area contributed by atoms with Gasteiger partial charge >= 0.3 is 0 Å². The van der Waals surface area contributed by atoms with Crippen molar-refractivity contribution in [3.63, 3.8) is 0 Å². The van der Waals surface area contributed by atoms with Crippen molar-refractivity contribution in [2.24, 2.45) is 0 Å². The second-order valence-corrected chi connectivity index (χ2v) is 11.4. The fourth-order valence-electron chi connectivity index (χ4n) is 3.74. The molecule has 1 amide bonds. The number of thiazole rings is 1. The monoisotopic (exact) mass is 473 g/mol. The van der Waals surface area contributed by atoms with Gasteiger partial charge in [-0.3, -0.25) is 9.69 Å². The molecule has 2 heterocycles. The minimum absolute atomic E-state index is 0.0402. The molecule has 0 saturated carbocycles. The molecule has 1 aliphatic heterocycles. The normalized spacial score (nSPS) is 16.7. The Balaban J connectivity index is 1.71. The molecule has 1 atom stereocenters. The van der Waals surface area contributed by atoms with Crippen LogP contribution in [0.15, 0.2) is 41.3 Å². The standard InChI is InChI=1S/C23H27N3O4S2/c1-15-7-8-16(2)21-20(15)24-23(31-21)26(14-18-6-5-13-30-18)22(27)17-9-11-19(12-10-17)32(28,29)25(3)4/h7-12,18H,5-6,13-14H2,1-4H3. The predicted octanol–water partition coefficient (Wildman–Crippen LogP) is 3.99. The molecule has 4 rings (SSSR count). The van der Waals surface area contributed by atoms with Crippen molar-refractivity contribution in [2.45, 2.75) is 37.7 Å². The van der Waals surface area contributed by atoms with E-state index < -0.39 is 10.0 Å². The number of benzene rings is 2. The number of amides is 1. The lowest BCUT2D eigenvalue weighted by Crippen LogP contribution is -2.37. The first-order chi connectivity index (χ1) is 15.2. The number of fused-ring (bicyclic) bond motifs is 1. The summed E-state index contributed by atoms with van der Waals surface area (Å²) in [5.41, 5.74) is 3.50. The molecule has 2 aromatic carbocycles. The largest absolute Gasteiger partial charge is 0.376 e. The van der Waals surface area contributed by atoms with Crippen LogP contribution in [0.1, 0.15) is 34.3 Å². The summed E-state index contributed by atoms with van der Waals surface area (Å²) >= 11 is 1.50. The highest BCUT2D eigenvalue weighted by atomic mass is 32.2. The van der Waals surface area contributed by atoms with Crippen LogP contribution in [0.4, 0.5) is 5.13 Å². The Bertz CT molecular complexity index is 1210. The van der Waals surface area contributed by atoms with Gasteiger partial charge in [-0.25, -0.2) is 17.7 Å². The number of carbonyl (C=O) groups excluding carboxylic acids is 1. The second kappa shape index (κ2) is 8.90. The average Bonchev–Trinajstić information content (AvgIpc) is 3.45. The van der Waals surface area contributed by atoms with E-state index in [-0.39, 0.29) is 16.9 Å². The van der Waals surface area contributed by atoms with Gasteiger partial charge in [-0.15, -0.1) is 0 Å². The number of carbonyl (C=O) groups is 1. The maximum atomic E-state index is 13.6. The van der Waals surface area contributed by atoms with Crippen LogP contribution in [0.3, 0.4) is 0 Å². The maximum absolute atomic E-state index is 13.6. The van der Waals surface area contributed by atoms with E-state index in [0.717, 1.165) is 38.5 Å². The van der Waals surface area contributed by atoms with E-state index in [1.165, 1.54) is 37.6 Å². The number of nitrogens with zero attached hydrogens (tertiary/aromatic N) is 3. The number of rotatable bonds is 6. The van der Waals surface area contributed by atoms with Crippen molar-refractivity contribution >= 4 is 42.6 Å². The SMILES string of the molecule is Cc1ccc(C)c2sc(N(CC3CCCO3)C(=O)c3ccc(S(=O)(=O)N(C)C)cc3)nc12. The van der Waals surface area contributed by atoms with Crippen LogP contribution in [0.2, 0.25) is 0 Å². The lowest BCUT2D eigenvalue weighted by atomic mass is 10.1. The van der Waals surface area contributed by atoms with Crippen LogP contribution in [0.25, 0.3) is 10.2 Å². The molecule has 32 heavy (non-hydrogen) atoms. The van der Waals surface area contributed by atoms with Crippen LogP contribution in [0.5, 0.6) is 0 Å². The Kier molecular flexibility index (Phi) is 6.35. The topological polar surface area (TPSA) is 79.8 Å². The third kappa shape index (κ3) is 4.30. The molecule has 1 saturated heterocycles. The highest BCUT2D eigenvalue weighted by molar-refractivity contribution is 7.89. The number of anilines is 1. The molecular formula is C23H27N3O4S2. The van der Waals surface area contributed by atoms with Crippen molar-refractivity contribution < 1.29 is 17.9 Å². The Morgan fingerprint density at radius 3 is 2.41 bits per heavy atom. The van der Waals surface area contributed by atoms with E-state index in [1.807, 2.05) is 19.9 Å². The van der Waals surface area contributed by atoms with E-state index >= 15 is 0 Å². The van der Waals surface area contributed by atoms with Gasteiger partial charge in [-0.1, -0.05) is 23.5 Å². The van der Waals surface area contributed by atoms with Crippen LogP contribution in [0, 0.1) is 13.8 Å². The zero-order chi connectivity index (χ0) is 23.0. The Morgan fingerprint density at radius 2 is 1.81 bits per heavy atom. The van der Waals surface area contributed by atoms with Gasteiger partial charge in [-0.05, 0) is 62.1 Å². The summed E-state index contributed by atoms with van der Waals surface area (Å²) in [4.78, 5) is 20.2. The van der Waals surface area contributed by atoms with Crippen LogP contribution in [-0.4, -0.2) is 57.0 Å². The van der Waals surface area contributed by atoms with E-state index in [2.05, 4.69) is 6.07 Å². The third-order valence-corrected chi connectivity index (χ3v) is 8.74. The van der Waals surface area contributed by atoms with E-state index in [4.69, 9.17) is 9.72 Å². The minimum atomic E-state index is -3.56. The third-order valence-electron chi connectivity index (χ3n) is 5.70. The van der Waals surface area contributed by atoms with Gasteiger partial charge < -0.3 is 4.74 Å². The molecule has 0 N–H and O–H groups in total. The summed E-state index contributed by atoms with van der Waals surface area (Å²) in [5.74, 6) is -0.219. The zero-order valence-corrected chi connectivity index (χ0v) is 20.3. The molecule has 0 aliphatic carbocycles. The lowest BCUT2D eigenvalue weighted by Gasteiger charge is -2.23. The van der Waals surface area contributed by atoms with Crippen molar-refractivity contribution in [1.29, 1.82) is 0 Å². The molecule has 1 unspecified atom stereocenters. The predicted molar refractivity (Wildman–Crippen MR) is 127 cm³/mol. The van der Waals surface area contributed by atoms with Gasteiger partial charge in [0.25, 0.3) is 5.91 Å². The maximum Gasteiger partial charge on any atom is 0.260 e. The van der Waals surface area contributed by atoms with Crippen molar-refractivity contribution in [3.05, 3.63) is 53.1 Å². The van der Waals surface area contributed by atoms with Gasteiger partial charge in [0.15, 0.2) is 5.13 Å². The highest BCUT2D eigenvalue weighted by Gasteiger charge is 2.28. The second-order valence-electron chi connectivity index (χ2n) is 8.24. The van der Waals surface area contributed by atoms with Gasteiger partial charge in [-0.2, -0.15) is 0 Å². The first-order valence-corrected chi connectivity index (χ1v) is 12.8. The molecule has 3 aromatic rings. The molecule has 1 aliphatic rings. The number of hydrogen-bond donors (Lipinski definition) is 0. The Hall–Kier alpha value is -2.33.